The van der Waals surface area contributed by atoms with E-state index < -0.39 is 0 Å². The van der Waals surface area contributed by atoms with E-state index in [1.807, 2.05) is 0 Å². The van der Waals surface area contributed by atoms with Crippen LogP contribution in [0.3, 0.4) is 0 Å². The Labute approximate surface area is 114 Å². The lowest BCUT2D eigenvalue weighted by Gasteiger charge is -2.30. The molecule has 0 aliphatic carbocycles. The van der Waals surface area contributed by atoms with E-state index in [1.54, 1.807) is 6.33 Å². The lowest BCUT2D eigenvalue weighted by molar-refractivity contribution is 0.263. The van der Waals surface area contributed by atoms with Gasteiger partial charge in [-0.1, -0.05) is 13.3 Å². The molecule has 0 spiro atoms. The Hall–Kier alpha value is -1.40. The first-order chi connectivity index (χ1) is 9.24. The summed E-state index contributed by atoms with van der Waals surface area (Å²) in [6, 6.07) is 0.493. The summed E-state index contributed by atoms with van der Waals surface area (Å²) in [5.74, 6) is 7.19. The monoisotopic (exact) mass is 264 g/mol. The highest BCUT2D eigenvalue weighted by Crippen LogP contribution is 2.23. The van der Waals surface area contributed by atoms with E-state index in [4.69, 9.17) is 5.84 Å². The fraction of sp³-hybridized carbons (Fsp3) is 0.692. The van der Waals surface area contributed by atoms with Gasteiger partial charge in [-0.15, -0.1) is 0 Å². The smallest absolute Gasteiger partial charge is 0.148 e. The second kappa shape index (κ2) is 6.68. The van der Waals surface area contributed by atoms with Crippen molar-refractivity contribution in [2.24, 2.45) is 5.84 Å². The predicted molar refractivity (Wildman–Crippen MR) is 78.0 cm³/mol. The van der Waals surface area contributed by atoms with Crippen molar-refractivity contribution in [3.8, 4) is 0 Å². The molecule has 0 amide bonds. The third kappa shape index (κ3) is 3.54. The first-order valence-electron chi connectivity index (χ1n) is 7.00. The van der Waals surface area contributed by atoms with Gasteiger partial charge < -0.3 is 15.6 Å². The maximum absolute atomic E-state index is 5.53. The number of nitrogens with zero attached hydrogens (tertiary/aromatic N) is 3. The summed E-state index contributed by atoms with van der Waals surface area (Å²) in [6.07, 6.45) is 5.83. The molecule has 1 aliphatic heterocycles. The normalized spacial score (nSPS) is 17.4. The zero-order valence-corrected chi connectivity index (χ0v) is 11.8. The first-order valence-corrected chi connectivity index (χ1v) is 7.00. The van der Waals surface area contributed by atoms with Gasteiger partial charge in [0.2, 0.25) is 0 Å². The SMILES string of the molecule is CCCc1c(NN)ncnc1NC1CCN(C)CC1. The lowest BCUT2D eigenvalue weighted by Crippen LogP contribution is -2.37. The second-order valence-electron chi connectivity index (χ2n) is 5.17. The highest BCUT2D eigenvalue weighted by atomic mass is 15.3. The third-order valence-corrected chi connectivity index (χ3v) is 3.64. The molecule has 0 unspecified atom stereocenters. The molecule has 0 bridgehead atoms. The first kappa shape index (κ1) is 14.0. The number of nitrogens with two attached hydrogens (primary N) is 1. The van der Waals surface area contributed by atoms with Crippen molar-refractivity contribution >= 4 is 11.6 Å². The molecule has 1 fully saturated rings. The van der Waals surface area contributed by atoms with Crippen LogP contribution in [-0.2, 0) is 6.42 Å². The van der Waals surface area contributed by atoms with E-state index >= 15 is 0 Å². The van der Waals surface area contributed by atoms with Crippen molar-refractivity contribution < 1.29 is 0 Å². The maximum atomic E-state index is 5.53. The Bertz CT molecular complexity index is 400. The van der Waals surface area contributed by atoms with Crippen molar-refractivity contribution in [3.05, 3.63) is 11.9 Å². The van der Waals surface area contributed by atoms with Crippen LogP contribution in [0.25, 0.3) is 0 Å². The minimum Gasteiger partial charge on any atom is -0.367 e. The molecule has 1 aromatic rings. The minimum absolute atomic E-state index is 0.493. The van der Waals surface area contributed by atoms with Gasteiger partial charge in [-0.3, -0.25) is 0 Å². The molecular formula is C13H24N6. The topological polar surface area (TPSA) is 79.1 Å². The highest BCUT2D eigenvalue weighted by molar-refractivity contribution is 5.57. The van der Waals surface area contributed by atoms with Gasteiger partial charge in [0.05, 0.1) is 0 Å². The van der Waals surface area contributed by atoms with Crippen LogP contribution in [0.4, 0.5) is 11.6 Å². The largest absolute Gasteiger partial charge is 0.367 e. The summed E-state index contributed by atoms with van der Waals surface area (Å²) in [5.41, 5.74) is 3.76. The van der Waals surface area contributed by atoms with E-state index in [0.717, 1.165) is 56.0 Å². The van der Waals surface area contributed by atoms with Gasteiger partial charge >= 0.3 is 0 Å². The van der Waals surface area contributed by atoms with Gasteiger partial charge in [-0.25, -0.2) is 15.8 Å². The number of anilines is 2. The predicted octanol–water partition coefficient (Wildman–Crippen LogP) is 1.22. The number of rotatable bonds is 5. The molecule has 1 saturated heterocycles. The summed E-state index contributed by atoms with van der Waals surface area (Å²) < 4.78 is 0. The van der Waals surface area contributed by atoms with Gasteiger partial charge in [-0.05, 0) is 39.4 Å². The molecular weight excluding hydrogens is 240 g/mol. The number of nitrogens with one attached hydrogen (secondary N) is 2. The van der Waals surface area contributed by atoms with Gasteiger partial charge in [0.15, 0.2) is 0 Å². The van der Waals surface area contributed by atoms with Gasteiger partial charge in [-0.2, -0.15) is 0 Å². The van der Waals surface area contributed by atoms with Crippen LogP contribution in [0.5, 0.6) is 0 Å². The van der Waals surface area contributed by atoms with E-state index in [0.29, 0.717) is 6.04 Å². The van der Waals surface area contributed by atoms with E-state index in [1.165, 1.54) is 0 Å². The lowest BCUT2D eigenvalue weighted by atomic mass is 10.0. The fourth-order valence-electron chi connectivity index (χ4n) is 2.49. The summed E-state index contributed by atoms with van der Waals surface area (Å²) in [7, 11) is 2.17. The molecule has 6 heteroatoms. The molecule has 0 aromatic carbocycles. The zero-order chi connectivity index (χ0) is 13.7. The Kier molecular flexibility index (Phi) is 4.93. The van der Waals surface area contributed by atoms with Crippen LogP contribution in [0, 0.1) is 0 Å². The molecule has 2 rings (SSSR count). The fourth-order valence-corrected chi connectivity index (χ4v) is 2.49. The highest BCUT2D eigenvalue weighted by Gasteiger charge is 2.19. The average molecular weight is 264 g/mol. The quantitative estimate of drug-likeness (QED) is 0.548. The van der Waals surface area contributed by atoms with Crippen LogP contribution in [0.15, 0.2) is 6.33 Å². The van der Waals surface area contributed by atoms with Crippen LogP contribution >= 0.6 is 0 Å². The number of aromatic nitrogens is 2. The Balaban J connectivity index is 2.10. The number of hydrazine groups is 1. The Morgan fingerprint density at radius 2 is 2.00 bits per heavy atom. The van der Waals surface area contributed by atoms with E-state index in [2.05, 4.69) is 39.6 Å². The number of likely N-dealkylation sites (tertiary alicyclic amines) is 1. The number of nitrogen functional groups attached to an aromatic ring is 1. The third-order valence-electron chi connectivity index (χ3n) is 3.64. The Morgan fingerprint density at radius 3 is 2.63 bits per heavy atom. The molecule has 106 valence electrons. The van der Waals surface area contributed by atoms with Gasteiger partial charge in [0, 0.05) is 11.6 Å². The minimum atomic E-state index is 0.493. The van der Waals surface area contributed by atoms with Crippen molar-refractivity contribution in [2.45, 2.75) is 38.6 Å². The molecule has 1 aromatic heterocycles. The van der Waals surface area contributed by atoms with E-state index in [9.17, 15) is 0 Å². The zero-order valence-electron chi connectivity index (χ0n) is 11.8. The molecule has 0 saturated carbocycles. The summed E-state index contributed by atoms with van der Waals surface area (Å²) >= 11 is 0. The maximum Gasteiger partial charge on any atom is 0.148 e. The summed E-state index contributed by atoms with van der Waals surface area (Å²) in [4.78, 5) is 10.9. The molecule has 0 radical (unpaired) electrons. The summed E-state index contributed by atoms with van der Waals surface area (Å²) in [6.45, 7) is 4.41. The van der Waals surface area contributed by atoms with Crippen LogP contribution < -0.4 is 16.6 Å². The molecule has 6 nitrogen and oxygen atoms in total. The average Bonchev–Trinajstić information content (AvgIpc) is 2.43. The van der Waals surface area contributed by atoms with Crippen LogP contribution in [0.2, 0.25) is 0 Å². The molecule has 1 aliphatic rings. The molecule has 19 heavy (non-hydrogen) atoms. The van der Waals surface area contributed by atoms with Crippen LogP contribution in [-0.4, -0.2) is 41.0 Å². The van der Waals surface area contributed by atoms with Crippen molar-refractivity contribution in [1.82, 2.24) is 14.9 Å². The number of hydrogen-bond donors (Lipinski definition) is 3. The molecule has 0 atom stereocenters. The standard InChI is InChI=1S/C13H24N6/c1-3-4-11-12(15-9-16-13(11)18-14)17-10-5-7-19(2)8-6-10/h9-10H,3-8,14H2,1-2H3,(H2,15,16,17,18). The number of piperidine rings is 1. The molecule has 2 heterocycles. The van der Waals surface area contributed by atoms with Crippen LogP contribution in [0.1, 0.15) is 31.7 Å². The van der Waals surface area contributed by atoms with Gasteiger partial charge in [0.1, 0.15) is 18.0 Å². The Morgan fingerprint density at radius 1 is 1.32 bits per heavy atom. The second-order valence-corrected chi connectivity index (χ2v) is 5.17. The number of hydrogen-bond acceptors (Lipinski definition) is 6. The summed E-state index contributed by atoms with van der Waals surface area (Å²) in [5, 5.41) is 3.56. The van der Waals surface area contributed by atoms with Gasteiger partial charge in [0.25, 0.3) is 0 Å². The van der Waals surface area contributed by atoms with Crippen molar-refractivity contribution in [2.75, 3.05) is 30.9 Å². The van der Waals surface area contributed by atoms with Crippen molar-refractivity contribution in [1.29, 1.82) is 0 Å². The van der Waals surface area contributed by atoms with E-state index in [-0.39, 0.29) is 0 Å². The molecule has 4 N–H and O–H groups in total. The van der Waals surface area contributed by atoms with Crippen molar-refractivity contribution in [3.63, 3.8) is 0 Å².